The van der Waals surface area contributed by atoms with Crippen molar-refractivity contribution in [2.24, 2.45) is 5.92 Å². The lowest BCUT2D eigenvalue weighted by atomic mass is 9.97. The van der Waals surface area contributed by atoms with E-state index < -0.39 is 10.0 Å². The molecule has 0 aliphatic carbocycles. The molecule has 2 amide bonds. The molecule has 0 aromatic carbocycles. The molecule has 2 fully saturated rings. The summed E-state index contributed by atoms with van der Waals surface area (Å²) in [5.74, 6) is -0.396. The van der Waals surface area contributed by atoms with Gasteiger partial charge in [0.15, 0.2) is 0 Å². The summed E-state index contributed by atoms with van der Waals surface area (Å²) in [6, 6.07) is -0.0474. The summed E-state index contributed by atoms with van der Waals surface area (Å²) in [5, 5.41) is 5.62. The Morgan fingerprint density at radius 2 is 2.15 bits per heavy atom. The third kappa shape index (κ3) is 3.92. The molecule has 0 aromatic rings. The fourth-order valence-corrected chi connectivity index (χ4v) is 3.54. The van der Waals surface area contributed by atoms with Crippen molar-refractivity contribution in [3.8, 4) is 0 Å². The van der Waals surface area contributed by atoms with Gasteiger partial charge in [-0.15, -0.1) is 0 Å². The predicted molar refractivity (Wildman–Crippen MR) is 73.3 cm³/mol. The van der Waals surface area contributed by atoms with Gasteiger partial charge in [0.25, 0.3) is 0 Å². The highest BCUT2D eigenvalue weighted by molar-refractivity contribution is 7.88. The standard InChI is InChI=1S/C12H21N3O4S/c1-20(18,19)15-6-2-3-9(8-15)12(17)14-10-4-5-11(16)13-7-10/h9-10H,2-8H2,1H3,(H,13,16)(H,14,17). The van der Waals surface area contributed by atoms with Crippen LogP contribution < -0.4 is 10.6 Å². The average Bonchev–Trinajstić information content (AvgIpc) is 2.40. The van der Waals surface area contributed by atoms with Crippen LogP contribution in [-0.4, -0.2) is 56.5 Å². The number of rotatable bonds is 3. The fraction of sp³-hybridized carbons (Fsp3) is 0.833. The maximum atomic E-state index is 12.2. The Labute approximate surface area is 119 Å². The Hall–Kier alpha value is -1.15. The number of sulfonamides is 1. The minimum Gasteiger partial charge on any atom is -0.354 e. The first-order valence-corrected chi connectivity index (χ1v) is 8.73. The zero-order valence-electron chi connectivity index (χ0n) is 11.6. The van der Waals surface area contributed by atoms with E-state index >= 15 is 0 Å². The maximum Gasteiger partial charge on any atom is 0.224 e. The first-order chi connectivity index (χ1) is 9.36. The monoisotopic (exact) mass is 303 g/mol. The summed E-state index contributed by atoms with van der Waals surface area (Å²) < 4.78 is 24.4. The van der Waals surface area contributed by atoms with Crippen LogP contribution in [0.5, 0.6) is 0 Å². The third-order valence-electron chi connectivity index (χ3n) is 3.84. The molecule has 0 bridgehead atoms. The van der Waals surface area contributed by atoms with E-state index in [1.165, 1.54) is 10.6 Å². The van der Waals surface area contributed by atoms with Gasteiger partial charge in [0.2, 0.25) is 21.8 Å². The van der Waals surface area contributed by atoms with Crippen LogP contribution in [0.25, 0.3) is 0 Å². The van der Waals surface area contributed by atoms with E-state index in [0.29, 0.717) is 38.8 Å². The molecule has 2 unspecified atom stereocenters. The second-order valence-corrected chi connectivity index (χ2v) is 7.49. The van der Waals surface area contributed by atoms with Crippen LogP contribution in [0.2, 0.25) is 0 Å². The van der Waals surface area contributed by atoms with Crippen LogP contribution in [0.4, 0.5) is 0 Å². The van der Waals surface area contributed by atoms with Gasteiger partial charge in [-0.25, -0.2) is 12.7 Å². The molecule has 8 heteroatoms. The number of nitrogens with zero attached hydrogens (tertiary/aromatic N) is 1. The number of hydrogen-bond acceptors (Lipinski definition) is 4. The van der Waals surface area contributed by atoms with E-state index in [0.717, 1.165) is 0 Å². The third-order valence-corrected chi connectivity index (χ3v) is 5.11. The first kappa shape index (κ1) is 15.2. The second-order valence-electron chi connectivity index (χ2n) is 5.51. The van der Waals surface area contributed by atoms with Crippen molar-refractivity contribution in [2.75, 3.05) is 25.9 Å². The number of amides is 2. The van der Waals surface area contributed by atoms with Crippen molar-refractivity contribution in [1.82, 2.24) is 14.9 Å². The summed E-state index contributed by atoms with van der Waals surface area (Å²) in [5.41, 5.74) is 0. The number of piperidine rings is 2. The topological polar surface area (TPSA) is 95.6 Å². The van der Waals surface area contributed by atoms with Gasteiger partial charge >= 0.3 is 0 Å². The Bertz CT molecular complexity index is 481. The highest BCUT2D eigenvalue weighted by Crippen LogP contribution is 2.19. The van der Waals surface area contributed by atoms with Crippen LogP contribution in [0, 0.1) is 5.92 Å². The highest BCUT2D eigenvalue weighted by Gasteiger charge is 2.31. The van der Waals surface area contributed by atoms with E-state index in [-0.39, 0.29) is 30.3 Å². The molecule has 7 nitrogen and oxygen atoms in total. The van der Waals surface area contributed by atoms with E-state index in [1.807, 2.05) is 0 Å². The first-order valence-electron chi connectivity index (χ1n) is 6.88. The molecule has 2 N–H and O–H groups in total. The van der Waals surface area contributed by atoms with E-state index in [4.69, 9.17) is 0 Å². The molecular formula is C12H21N3O4S. The Balaban J connectivity index is 1.87. The van der Waals surface area contributed by atoms with Gasteiger partial charge in [-0.2, -0.15) is 0 Å². The van der Waals surface area contributed by atoms with Crippen LogP contribution in [0.1, 0.15) is 25.7 Å². The molecule has 2 heterocycles. The molecule has 0 radical (unpaired) electrons. The van der Waals surface area contributed by atoms with Crippen molar-refractivity contribution in [2.45, 2.75) is 31.7 Å². The van der Waals surface area contributed by atoms with E-state index in [9.17, 15) is 18.0 Å². The number of hydrogen-bond donors (Lipinski definition) is 2. The van der Waals surface area contributed by atoms with Gasteiger partial charge in [-0.1, -0.05) is 0 Å². The second kappa shape index (κ2) is 6.09. The highest BCUT2D eigenvalue weighted by atomic mass is 32.2. The molecule has 2 aliphatic rings. The summed E-state index contributed by atoms with van der Waals surface area (Å²) in [6.45, 7) is 1.19. The van der Waals surface area contributed by atoms with Crippen LogP contribution >= 0.6 is 0 Å². The zero-order chi connectivity index (χ0) is 14.8. The zero-order valence-corrected chi connectivity index (χ0v) is 12.4. The summed E-state index contributed by atoms with van der Waals surface area (Å²) >= 11 is 0. The number of carbonyl (C=O) groups excluding carboxylic acids is 2. The molecule has 2 saturated heterocycles. The molecule has 20 heavy (non-hydrogen) atoms. The van der Waals surface area contributed by atoms with E-state index in [2.05, 4.69) is 10.6 Å². The van der Waals surface area contributed by atoms with E-state index in [1.54, 1.807) is 0 Å². The minimum atomic E-state index is -3.24. The molecule has 0 aromatic heterocycles. The Kier molecular flexibility index (Phi) is 4.64. The molecule has 0 spiro atoms. The number of nitrogens with one attached hydrogen (secondary N) is 2. The van der Waals surface area contributed by atoms with Crippen LogP contribution in [0.15, 0.2) is 0 Å². The van der Waals surface area contributed by atoms with Gasteiger partial charge < -0.3 is 10.6 Å². The fourth-order valence-electron chi connectivity index (χ4n) is 2.63. The van der Waals surface area contributed by atoms with Gasteiger partial charge in [0.1, 0.15) is 0 Å². The van der Waals surface area contributed by atoms with Crippen molar-refractivity contribution >= 4 is 21.8 Å². The van der Waals surface area contributed by atoms with Gasteiger partial charge in [0, 0.05) is 32.1 Å². The lowest BCUT2D eigenvalue weighted by Crippen LogP contribution is -2.51. The van der Waals surface area contributed by atoms with Gasteiger partial charge in [0.05, 0.1) is 12.2 Å². The minimum absolute atomic E-state index is 0.0106. The Morgan fingerprint density at radius 1 is 1.40 bits per heavy atom. The van der Waals surface area contributed by atoms with Crippen LogP contribution in [0.3, 0.4) is 0 Å². The quantitative estimate of drug-likeness (QED) is 0.703. The van der Waals surface area contributed by atoms with Gasteiger partial charge in [-0.05, 0) is 19.3 Å². The van der Waals surface area contributed by atoms with Crippen molar-refractivity contribution in [1.29, 1.82) is 0 Å². The molecule has 2 atom stereocenters. The van der Waals surface area contributed by atoms with Gasteiger partial charge in [-0.3, -0.25) is 9.59 Å². The van der Waals surface area contributed by atoms with Crippen molar-refractivity contribution in [3.63, 3.8) is 0 Å². The summed E-state index contributed by atoms with van der Waals surface area (Å²) in [7, 11) is -3.24. The normalized spacial score (nSPS) is 28.8. The predicted octanol–water partition coefficient (Wildman–Crippen LogP) is -0.947. The number of carbonyl (C=O) groups is 2. The Morgan fingerprint density at radius 3 is 2.75 bits per heavy atom. The summed E-state index contributed by atoms with van der Waals surface area (Å²) in [6.07, 6.45) is 3.64. The van der Waals surface area contributed by atoms with Crippen molar-refractivity contribution in [3.05, 3.63) is 0 Å². The largest absolute Gasteiger partial charge is 0.354 e. The SMILES string of the molecule is CS(=O)(=O)N1CCCC(C(=O)NC2CCC(=O)NC2)C1. The summed E-state index contributed by atoms with van der Waals surface area (Å²) in [4.78, 5) is 23.2. The lowest BCUT2D eigenvalue weighted by molar-refractivity contribution is -0.128. The molecule has 2 aliphatic heterocycles. The average molecular weight is 303 g/mol. The smallest absolute Gasteiger partial charge is 0.224 e. The molecule has 114 valence electrons. The molecule has 0 saturated carbocycles. The molecule has 2 rings (SSSR count). The maximum absolute atomic E-state index is 12.2. The lowest BCUT2D eigenvalue weighted by Gasteiger charge is -2.32. The van der Waals surface area contributed by atoms with Crippen molar-refractivity contribution < 1.29 is 18.0 Å². The van der Waals surface area contributed by atoms with Crippen LogP contribution in [-0.2, 0) is 19.6 Å². The molecular weight excluding hydrogens is 282 g/mol.